The van der Waals surface area contributed by atoms with Gasteiger partial charge in [0.25, 0.3) is 0 Å². The Hall–Kier alpha value is -1.55. The van der Waals surface area contributed by atoms with Crippen molar-refractivity contribution in [1.82, 2.24) is 9.55 Å². The van der Waals surface area contributed by atoms with Crippen molar-refractivity contribution in [1.29, 1.82) is 0 Å². The Kier molecular flexibility index (Phi) is 3.66. The van der Waals surface area contributed by atoms with Crippen LogP contribution in [0, 0.1) is 12.7 Å². The predicted octanol–water partition coefficient (Wildman–Crippen LogP) is 4.84. The van der Waals surface area contributed by atoms with Crippen LogP contribution in [0.15, 0.2) is 24.4 Å². The van der Waals surface area contributed by atoms with E-state index in [-0.39, 0.29) is 5.82 Å². The van der Waals surface area contributed by atoms with Gasteiger partial charge in [-0.15, -0.1) is 0 Å². The fourth-order valence-corrected chi connectivity index (χ4v) is 3.00. The Labute approximate surface area is 122 Å². The van der Waals surface area contributed by atoms with Crippen molar-refractivity contribution < 1.29 is 4.39 Å². The Morgan fingerprint density at radius 2 is 2.10 bits per heavy atom. The number of halogens is 2. The molecule has 1 aromatic heterocycles. The molecule has 1 saturated carbocycles. The molecule has 1 aliphatic carbocycles. The number of imidazole rings is 1. The number of hydrogen-bond acceptors (Lipinski definition) is 2. The largest absolute Gasteiger partial charge is 0.324 e. The summed E-state index contributed by atoms with van der Waals surface area (Å²) >= 11 is 6.06. The zero-order valence-electron chi connectivity index (χ0n) is 11.4. The van der Waals surface area contributed by atoms with Crippen LogP contribution in [0.1, 0.15) is 37.4 Å². The summed E-state index contributed by atoms with van der Waals surface area (Å²) < 4.78 is 15.3. The molecule has 0 unspecified atom stereocenters. The molecule has 1 N–H and O–H groups in total. The van der Waals surface area contributed by atoms with Crippen molar-refractivity contribution in [2.24, 2.45) is 0 Å². The van der Waals surface area contributed by atoms with Crippen molar-refractivity contribution in [3.8, 4) is 0 Å². The molecule has 0 spiro atoms. The van der Waals surface area contributed by atoms with Crippen LogP contribution >= 0.6 is 11.6 Å². The highest BCUT2D eigenvalue weighted by Crippen LogP contribution is 2.34. The van der Waals surface area contributed by atoms with Crippen LogP contribution in [0.5, 0.6) is 0 Å². The maximum absolute atomic E-state index is 13.1. The lowest BCUT2D eigenvalue weighted by Gasteiger charge is -2.16. The van der Waals surface area contributed by atoms with Gasteiger partial charge in [-0.1, -0.05) is 24.4 Å². The van der Waals surface area contributed by atoms with E-state index in [1.54, 1.807) is 6.07 Å². The Bertz CT molecular complexity index is 618. The number of aromatic nitrogens is 2. The van der Waals surface area contributed by atoms with E-state index in [1.165, 1.54) is 37.8 Å². The van der Waals surface area contributed by atoms with Gasteiger partial charge >= 0.3 is 0 Å². The Balaban J connectivity index is 1.90. The van der Waals surface area contributed by atoms with Crippen molar-refractivity contribution in [3.05, 3.63) is 40.9 Å². The third kappa shape index (κ3) is 2.66. The molecule has 5 heteroatoms. The van der Waals surface area contributed by atoms with Gasteiger partial charge in [-0.25, -0.2) is 9.37 Å². The number of rotatable bonds is 3. The first-order valence-corrected chi connectivity index (χ1v) is 7.29. The average Bonchev–Trinajstić information content (AvgIpc) is 3.02. The molecule has 0 aliphatic heterocycles. The maximum atomic E-state index is 13.1. The summed E-state index contributed by atoms with van der Waals surface area (Å²) in [7, 11) is 0. The smallest absolute Gasteiger partial charge is 0.207 e. The number of anilines is 2. The number of benzene rings is 1. The Morgan fingerprint density at radius 1 is 1.35 bits per heavy atom. The lowest BCUT2D eigenvalue weighted by molar-refractivity contribution is 0.524. The van der Waals surface area contributed by atoms with Crippen LogP contribution in [0.3, 0.4) is 0 Å². The lowest BCUT2D eigenvalue weighted by Crippen LogP contribution is -2.08. The quantitative estimate of drug-likeness (QED) is 0.877. The molecule has 3 nitrogen and oxygen atoms in total. The van der Waals surface area contributed by atoms with E-state index in [4.69, 9.17) is 11.6 Å². The van der Waals surface area contributed by atoms with Gasteiger partial charge in [-0.3, -0.25) is 0 Å². The van der Waals surface area contributed by atoms with Crippen LogP contribution in [0.4, 0.5) is 16.0 Å². The summed E-state index contributed by atoms with van der Waals surface area (Å²) in [5.41, 5.74) is 1.65. The molecular formula is C15H17ClFN3. The standard InChI is InChI=1S/C15H17ClFN3/c1-10-9-20(12-4-2-3-5-12)15(18-10)19-14-7-6-11(17)8-13(14)16/h6-9,12H,2-5H2,1H3,(H,18,19). The molecule has 0 saturated heterocycles. The molecule has 2 aromatic rings. The molecule has 0 radical (unpaired) electrons. The minimum Gasteiger partial charge on any atom is -0.324 e. The first-order chi connectivity index (χ1) is 9.63. The third-order valence-electron chi connectivity index (χ3n) is 3.75. The van der Waals surface area contributed by atoms with E-state index in [2.05, 4.69) is 21.1 Å². The Morgan fingerprint density at radius 3 is 2.80 bits per heavy atom. The van der Waals surface area contributed by atoms with Crippen molar-refractivity contribution in [3.63, 3.8) is 0 Å². The topological polar surface area (TPSA) is 29.9 Å². The SMILES string of the molecule is Cc1cn(C2CCCC2)c(Nc2ccc(F)cc2Cl)n1. The number of aryl methyl sites for hydroxylation is 1. The molecule has 0 amide bonds. The van der Waals surface area contributed by atoms with Gasteiger partial charge in [0.05, 0.1) is 16.4 Å². The van der Waals surface area contributed by atoms with E-state index >= 15 is 0 Å². The highest BCUT2D eigenvalue weighted by molar-refractivity contribution is 6.33. The van der Waals surface area contributed by atoms with Gasteiger partial charge in [-0.2, -0.15) is 0 Å². The van der Waals surface area contributed by atoms with Gasteiger partial charge in [-0.05, 0) is 38.0 Å². The minimum atomic E-state index is -0.337. The molecule has 106 valence electrons. The predicted molar refractivity (Wildman–Crippen MR) is 79.2 cm³/mol. The average molecular weight is 294 g/mol. The van der Waals surface area contributed by atoms with Crippen LogP contribution in [-0.2, 0) is 0 Å². The van der Waals surface area contributed by atoms with E-state index < -0.39 is 0 Å². The number of nitrogens with one attached hydrogen (secondary N) is 1. The lowest BCUT2D eigenvalue weighted by atomic mass is 10.2. The molecule has 20 heavy (non-hydrogen) atoms. The van der Waals surface area contributed by atoms with Crippen molar-refractivity contribution in [2.75, 3.05) is 5.32 Å². The van der Waals surface area contributed by atoms with Gasteiger partial charge in [0.2, 0.25) is 5.95 Å². The van der Waals surface area contributed by atoms with Gasteiger partial charge < -0.3 is 9.88 Å². The summed E-state index contributed by atoms with van der Waals surface area (Å²) in [5, 5.41) is 3.58. The fourth-order valence-electron chi connectivity index (χ4n) is 2.78. The molecule has 0 atom stereocenters. The normalized spacial score (nSPS) is 15.8. The van der Waals surface area contributed by atoms with E-state index in [1.807, 2.05) is 6.92 Å². The fraction of sp³-hybridized carbons (Fsp3) is 0.400. The summed E-state index contributed by atoms with van der Waals surface area (Å²) in [6.07, 6.45) is 6.95. The number of nitrogens with zero attached hydrogens (tertiary/aromatic N) is 2. The van der Waals surface area contributed by atoms with Crippen LogP contribution in [0.2, 0.25) is 5.02 Å². The second-order valence-corrected chi connectivity index (χ2v) is 5.71. The molecule has 3 rings (SSSR count). The molecule has 1 aromatic carbocycles. The van der Waals surface area contributed by atoms with Gasteiger partial charge in [0.15, 0.2) is 0 Å². The van der Waals surface area contributed by atoms with E-state index in [9.17, 15) is 4.39 Å². The first-order valence-electron chi connectivity index (χ1n) is 6.91. The summed E-state index contributed by atoms with van der Waals surface area (Å²) in [5.74, 6) is 0.443. The monoisotopic (exact) mass is 293 g/mol. The molecular weight excluding hydrogens is 277 g/mol. The van der Waals surface area contributed by atoms with Crippen molar-refractivity contribution >= 4 is 23.2 Å². The van der Waals surface area contributed by atoms with Crippen LogP contribution < -0.4 is 5.32 Å². The van der Waals surface area contributed by atoms with Gasteiger partial charge in [0.1, 0.15) is 5.82 Å². The van der Waals surface area contributed by atoms with Gasteiger partial charge in [0, 0.05) is 12.2 Å². The third-order valence-corrected chi connectivity index (χ3v) is 4.06. The van der Waals surface area contributed by atoms with E-state index in [0.29, 0.717) is 16.8 Å². The van der Waals surface area contributed by atoms with Crippen LogP contribution in [-0.4, -0.2) is 9.55 Å². The maximum Gasteiger partial charge on any atom is 0.207 e. The summed E-state index contributed by atoms with van der Waals surface area (Å²) in [4.78, 5) is 4.51. The number of hydrogen-bond donors (Lipinski definition) is 1. The second kappa shape index (κ2) is 5.44. The highest BCUT2D eigenvalue weighted by Gasteiger charge is 2.20. The zero-order chi connectivity index (χ0) is 14.1. The highest BCUT2D eigenvalue weighted by atomic mass is 35.5. The van der Waals surface area contributed by atoms with E-state index in [0.717, 1.165) is 11.6 Å². The van der Waals surface area contributed by atoms with Crippen LogP contribution in [0.25, 0.3) is 0 Å². The summed E-state index contributed by atoms with van der Waals surface area (Å²) in [6, 6.07) is 4.84. The molecule has 1 heterocycles. The second-order valence-electron chi connectivity index (χ2n) is 5.30. The zero-order valence-corrected chi connectivity index (χ0v) is 12.1. The minimum absolute atomic E-state index is 0.337. The summed E-state index contributed by atoms with van der Waals surface area (Å²) in [6.45, 7) is 1.98. The molecule has 1 fully saturated rings. The van der Waals surface area contributed by atoms with Crippen molar-refractivity contribution in [2.45, 2.75) is 38.6 Å². The first kappa shape index (κ1) is 13.4. The molecule has 0 bridgehead atoms. The molecule has 1 aliphatic rings.